The molecule has 1 aromatic carbocycles. The molecule has 1 N–H and O–H groups in total. The number of ether oxygens (including phenoxy) is 2. The second-order valence-electron chi connectivity index (χ2n) is 7.32. The molecule has 0 saturated carbocycles. The molecule has 5 heteroatoms. The number of hydrogen-bond donors (Lipinski definition) is 1. The molecule has 1 fully saturated rings. The Morgan fingerprint density at radius 1 is 1.32 bits per heavy atom. The summed E-state index contributed by atoms with van der Waals surface area (Å²) in [5.74, 6) is -0.298. The average molecular weight is 342 g/mol. The third-order valence-electron chi connectivity index (χ3n) is 4.10. The summed E-state index contributed by atoms with van der Waals surface area (Å²) in [6.07, 6.45) is 5.98. The van der Waals surface area contributed by atoms with Crippen LogP contribution in [0, 0.1) is 0 Å². The molecule has 2 aromatic rings. The number of hydrogen-bond acceptors (Lipinski definition) is 4. The molecular formula is C20H26N2O3. The van der Waals surface area contributed by atoms with Gasteiger partial charge in [-0.2, -0.15) is 0 Å². The summed E-state index contributed by atoms with van der Waals surface area (Å²) in [4.78, 5) is 17.9. The van der Waals surface area contributed by atoms with Crippen LogP contribution in [0.1, 0.15) is 36.7 Å². The van der Waals surface area contributed by atoms with E-state index in [-0.39, 0.29) is 5.97 Å². The summed E-state index contributed by atoms with van der Waals surface area (Å²) >= 11 is 0. The molecule has 134 valence electrons. The number of morpholine rings is 1. The van der Waals surface area contributed by atoms with Crippen LogP contribution in [-0.4, -0.2) is 54.3 Å². The molecule has 1 aliphatic rings. The van der Waals surface area contributed by atoms with E-state index in [2.05, 4.69) is 22.0 Å². The first-order valence-electron chi connectivity index (χ1n) is 8.73. The first-order chi connectivity index (χ1) is 11.9. The Morgan fingerprint density at radius 3 is 2.80 bits per heavy atom. The predicted molar refractivity (Wildman–Crippen MR) is 99.8 cm³/mol. The van der Waals surface area contributed by atoms with Crippen LogP contribution < -0.4 is 0 Å². The van der Waals surface area contributed by atoms with Crippen molar-refractivity contribution in [3.63, 3.8) is 0 Å². The van der Waals surface area contributed by atoms with Crippen molar-refractivity contribution in [2.75, 3.05) is 32.8 Å². The zero-order valence-corrected chi connectivity index (χ0v) is 15.2. The van der Waals surface area contributed by atoms with Crippen molar-refractivity contribution in [1.29, 1.82) is 0 Å². The Kier molecular flexibility index (Phi) is 5.25. The molecule has 3 rings (SSSR count). The predicted octanol–water partition coefficient (Wildman–Crippen LogP) is 3.47. The second kappa shape index (κ2) is 7.42. The maximum Gasteiger partial charge on any atom is 0.340 e. The lowest BCUT2D eigenvalue weighted by atomic mass is 10.1. The SMILES string of the molecule is CC(C)(C)OC(=O)c1c[nH]c2ccc(C=CCN3CCOCC3)cc12. The van der Waals surface area contributed by atoms with Gasteiger partial charge in [0.15, 0.2) is 0 Å². The summed E-state index contributed by atoms with van der Waals surface area (Å²) in [7, 11) is 0. The van der Waals surface area contributed by atoms with Crippen molar-refractivity contribution in [2.45, 2.75) is 26.4 Å². The lowest BCUT2D eigenvalue weighted by molar-refractivity contribution is 0.00719. The maximum atomic E-state index is 12.4. The van der Waals surface area contributed by atoms with E-state index in [0.29, 0.717) is 5.56 Å². The Balaban J connectivity index is 1.74. The molecule has 1 saturated heterocycles. The van der Waals surface area contributed by atoms with E-state index >= 15 is 0 Å². The molecule has 0 unspecified atom stereocenters. The van der Waals surface area contributed by atoms with Crippen LogP contribution in [0.3, 0.4) is 0 Å². The zero-order chi connectivity index (χ0) is 17.9. The van der Waals surface area contributed by atoms with Gasteiger partial charge < -0.3 is 14.5 Å². The van der Waals surface area contributed by atoms with Gasteiger partial charge in [-0.25, -0.2) is 4.79 Å². The van der Waals surface area contributed by atoms with E-state index < -0.39 is 5.60 Å². The fourth-order valence-electron chi connectivity index (χ4n) is 2.87. The van der Waals surface area contributed by atoms with Crippen molar-refractivity contribution < 1.29 is 14.3 Å². The van der Waals surface area contributed by atoms with Crippen molar-refractivity contribution in [3.05, 3.63) is 41.6 Å². The van der Waals surface area contributed by atoms with Crippen LogP contribution in [0.4, 0.5) is 0 Å². The van der Waals surface area contributed by atoms with Gasteiger partial charge in [0.1, 0.15) is 5.60 Å². The van der Waals surface area contributed by atoms with Crippen LogP contribution in [0.5, 0.6) is 0 Å². The van der Waals surface area contributed by atoms with Gasteiger partial charge >= 0.3 is 5.97 Å². The van der Waals surface area contributed by atoms with Crippen LogP contribution >= 0.6 is 0 Å². The van der Waals surface area contributed by atoms with Crippen molar-refractivity contribution in [2.24, 2.45) is 0 Å². The summed E-state index contributed by atoms with van der Waals surface area (Å²) in [5, 5.41) is 0.891. The van der Waals surface area contributed by atoms with Crippen LogP contribution in [0.2, 0.25) is 0 Å². The van der Waals surface area contributed by atoms with E-state index in [4.69, 9.17) is 9.47 Å². The van der Waals surface area contributed by atoms with Crippen molar-refractivity contribution in [1.82, 2.24) is 9.88 Å². The monoisotopic (exact) mass is 342 g/mol. The normalized spacial score (nSPS) is 16.6. The van der Waals surface area contributed by atoms with Gasteiger partial charge in [0.2, 0.25) is 0 Å². The van der Waals surface area contributed by atoms with Crippen LogP contribution in [0.25, 0.3) is 17.0 Å². The second-order valence-corrected chi connectivity index (χ2v) is 7.32. The van der Waals surface area contributed by atoms with E-state index in [0.717, 1.165) is 49.3 Å². The Hall–Kier alpha value is -2.11. The van der Waals surface area contributed by atoms with Crippen LogP contribution in [0.15, 0.2) is 30.5 Å². The molecule has 0 radical (unpaired) electrons. The summed E-state index contributed by atoms with van der Waals surface area (Å²) < 4.78 is 10.9. The summed E-state index contributed by atoms with van der Waals surface area (Å²) in [6.45, 7) is 10.1. The standard InChI is InChI=1S/C20H26N2O3/c1-20(2,3)25-19(23)17-14-21-18-7-6-15(13-16(17)18)5-4-8-22-9-11-24-12-10-22/h4-7,13-14,21H,8-12H2,1-3H3. The number of H-pyrrole nitrogens is 1. The van der Waals surface area contributed by atoms with E-state index in [9.17, 15) is 4.79 Å². The van der Waals surface area contributed by atoms with Crippen molar-refractivity contribution >= 4 is 22.9 Å². The molecule has 0 bridgehead atoms. The minimum Gasteiger partial charge on any atom is -0.456 e. The highest BCUT2D eigenvalue weighted by atomic mass is 16.6. The number of nitrogens with zero attached hydrogens (tertiary/aromatic N) is 1. The first-order valence-corrected chi connectivity index (χ1v) is 8.73. The van der Waals surface area contributed by atoms with E-state index in [1.807, 2.05) is 39.0 Å². The number of rotatable bonds is 4. The van der Waals surface area contributed by atoms with E-state index in [1.54, 1.807) is 6.20 Å². The van der Waals surface area contributed by atoms with Gasteiger partial charge in [-0.15, -0.1) is 0 Å². The number of benzene rings is 1. The number of carbonyl (C=O) groups excluding carboxylic acids is 1. The molecule has 1 aliphatic heterocycles. The molecule has 0 spiro atoms. The van der Waals surface area contributed by atoms with Gasteiger partial charge in [-0.05, 0) is 38.5 Å². The number of esters is 1. The molecule has 0 aliphatic carbocycles. The number of nitrogens with one attached hydrogen (secondary N) is 1. The molecule has 0 amide bonds. The minimum absolute atomic E-state index is 0.298. The third-order valence-corrected chi connectivity index (χ3v) is 4.10. The first kappa shape index (κ1) is 17.7. The molecule has 5 nitrogen and oxygen atoms in total. The molecule has 0 atom stereocenters. The van der Waals surface area contributed by atoms with Gasteiger partial charge in [0.25, 0.3) is 0 Å². The average Bonchev–Trinajstić information content (AvgIpc) is 2.97. The highest BCUT2D eigenvalue weighted by Crippen LogP contribution is 2.23. The lowest BCUT2D eigenvalue weighted by Gasteiger charge is -2.25. The zero-order valence-electron chi connectivity index (χ0n) is 15.2. The fraction of sp³-hybridized carbons (Fsp3) is 0.450. The van der Waals surface area contributed by atoms with Crippen LogP contribution in [-0.2, 0) is 9.47 Å². The van der Waals surface area contributed by atoms with E-state index in [1.165, 1.54) is 0 Å². The molecule has 2 heterocycles. The number of carbonyl (C=O) groups is 1. The largest absolute Gasteiger partial charge is 0.456 e. The lowest BCUT2D eigenvalue weighted by Crippen LogP contribution is -2.36. The third kappa shape index (κ3) is 4.71. The van der Waals surface area contributed by atoms with Gasteiger partial charge in [-0.1, -0.05) is 18.2 Å². The molecule has 25 heavy (non-hydrogen) atoms. The fourth-order valence-corrected chi connectivity index (χ4v) is 2.87. The van der Waals surface area contributed by atoms with Gasteiger partial charge in [-0.3, -0.25) is 4.90 Å². The quantitative estimate of drug-likeness (QED) is 0.865. The molecule has 1 aromatic heterocycles. The highest BCUT2D eigenvalue weighted by molar-refractivity contribution is 6.04. The summed E-state index contributed by atoms with van der Waals surface area (Å²) in [6, 6.07) is 6.08. The number of aromatic nitrogens is 1. The minimum atomic E-state index is -0.504. The topological polar surface area (TPSA) is 54.6 Å². The van der Waals surface area contributed by atoms with Gasteiger partial charge in [0.05, 0.1) is 18.8 Å². The van der Waals surface area contributed by atoms with Gasteiger partial charge in [0, 0.05) is 36.7 Å². The van der Waals surface area contributed by atoms with Crippen molar-refractivity contribution in [3.8, 4) is 0 Å². The summed E-state index contributed by atoms with van der Waals surface area (Å²) in [5.41, 5.74) is 2.08. The Morgan fingerprint density at radius 2 is 2.08 bits per heavy atom. The number of fused-ring (bicyclic) bond motifs is 1. The smallest absolute Gasteiger partial charge is 0.340 e. The maximum absolute atomic E-state index is 12.4. The number of aromatic amines is 1. The molecular weight excluding hydrogens is 316 g/mol. The Labute approximate surface area is 148 Å². The Bertz CT molecular complexity index is 765. The highest BCUT2D eigenvalue weighted by Gasteiger charge is 2.20.